The fourth-order valence-electron chi connectivity index (χ4n) is 1.23. The van der Waals surface area contributed by atoms with Crippen LogP contribution in [0.25, 0.3) is 0 Å². The van der Waals surface area contributed by atoms with E-state index in [0.29, 0.717) is 23.4 Å². The van der Waals surface area contributed by atoms with Gasteiger partial charge in [0.25, 0.3) is 0 Å². The molecule has 0 radical (unpaired) electrons. The van der Waals surface area contributed by atoms with Crippen molar-refractivity contribution in [3.8, 4) is 11.5 Å². The van der Waals surface area contributed by atoms with E-state index in [2.05, 4.69) is 4.98 Å². The number of nitrogens with two attached hydrogens (primary N) is 1. The van der Waals surface area contributed by atoms with Crippen molar-refractivity contribution in [3.63, 3.8) is 0 Å². The zero-order valence-electron chi connectivity index (χ0n) is 9.06. The number of ether oxygens (including phenoxy) is 2. The summed E-state index contributed by atoms with van der Waals surface area (Å²) in [5.41, 5.74) is 5.70. The van der Waals surface area contributed by atoms with Crippen LogP contribution < -0.4 is 15.2 Å². The Morgan fingerprint density at radius 1 is 1.47 bits per heavy atom. The molecule has 1 saturated carbocycles. The highest BCUT2D eigenvalue weighted by Gasteiger charge is 2.24. The van der Waals surface area contributed by atoms with E-state index in [1.165, 1.54) is 0 Å². The maximum absolute atomic E-state index is 5.70. The molecular formula is C11H16N2O2. The molecule has 1 fully saturated rings. The number of rotatable bonds is 4. The highest BCUT2D eigenvalue weighted by Crippen LogP contribution is 2.31. The van der Waals surface area contributed by atoms with E-state index < -0.39 is 0 Å². The van der Waals surface area contributed by atoms with Gasteiger partial charge >= 0.3 is 0 Å². The quantitative estimate of drug-likeness (QED) is 0.822. The number of pyridine rings is 1. The van der Waals surface area contributed by atoms with Gasteiger partial charge in [-0.05, 0) is 26.7 Å². The minimum atomic E-state index is 0.129. The van der Waals surface area contributed by atoms with Crippen molar-refractivity contribution in [2.24, 2.45) is 0 Å². The summed E-state index contributed by atoms with van der Waals surface area (Å²) in [7, 11) is 0. The van der Waals surface area contributed by atoms with E-state index >= 15 is 0 Å². The molecule has 15 heavy (non-hydrogen) atoms. The number of nitrogens with zero attached hydrogens (tertiary/aromatic N) is 1. The molecule has 4 heteroatoms. The van der Waals surface area contributed by atoms with Crippen LogP contribution in [-0.4, -0.2) is 17.2 Å². The minimum absolute atomic E-state index is 0.129. The molecule has 1 heterocycles. The highest BCUT2D eigenvalue weighted by atomic mass is 16.5. The van der Waals surface area contributed by atoms with Crippen LogP contribution in [0.15, 0.2) is 12.3 Å². The Hall–Kier alpha value is -1.45. The van der Waals surface area contributed by atoms with Gasteiger partial charge in [0.1, 0.15) is 5.75 Å². The summed E-state index contributed by atoms with van der Waals surface area (Å²) in [5.74, 6) is 1.77. The van der Waals surface area contributed by atoms with Crippen LogP contribution in [0.4, 0.5) is 5.82 Å². The van der Waals surface area contributed by atoms with Gasteiger partial charge in [-0.3, -0.25) is 0 Å². The van der Waals surface area contributed by atoms with Crippen molar-refractivity contribution in [3.05, 3.63) is 12.3 Å². The average Bonchev–Trinajstić information content (AvgIpc) is 2.94. The fourth-order valence-corrected chi connectivity index (χ4v) is 1.23. The van der Waals surface area contributed by atoms with Crippen molar-refractivity contribution in [2.75, 3.05) is 5.73 Å². The lowest BCUT2D eigenvalue weighted by molar-refractivity contribution is 0.238. The van der Waals surface area contributed by atoms with Crippen molar-refractivity contribution < 1.29 is 9.47 Å². The van der Waals surface area contributed by atoms with E-state index in [-0.39, 0.29) is 6.10 Å². The Balaban J connectivity index is 2.12. The van der Waals surface area contributed by atoms with Crippen LogP contribution in [0.2, 0.25) is 0 Å². The number of aromatic nitrogens is 1. The first-order chi connectivity index (χ1) is 7.15. The smallest absolute Gasteiger partial charge is 0.166 e. The molecule has 2 rings (SSSR count). The number of hydrogen-bond acceptors (Lipinski definition) is 4. The third kappa shape index (κ3) is 2.75. The minimum Gasteiger partial charge on any atom is -0.489 e. The van der Waals surface area contributed by atoms with Gasteiger partial charge < -0.3 is 15.2 Å². The van der Waals surface area contributed by atoms with E-state index in [4.69, 9.17) is 15.2 Å². The Bertz CT molecular complexity index is 348. The second kappa shape index (κ2) is 3.96. The Labute approximate surface area is 89.4 Å². The fraction of sp³-hybridized carbons (Fsp3) is 0.545. The average molecular weight is 208 g/mol. The first-order valence-corrected chi connectivity index (χ1v) is 5.24. The van der Waals surface area contributed by atoms with E-state index in [0.717, 1.165) is 12.8 Å². The van der Waals surface area contributed by atoms with Crippen LogP contribution >= 0.6 is 0 Å². The molecule has 1 aliphatic carbocycles. The first-order valence-electron chi connectivity index (χ1n) is 5.24. The predicted molar refractivity (Wildman–Crippen MR) is 58.1 cm³/mol. The molecule has 0 amide bonds. The van der Waals surface area contributed by atoms with Crippen molar-refractivity contribution in [1.29, 1.82) is 0 Å². The molecule has 2 N–H and O–H groups in total. The van der Waals surface area contributed by atoms with Gasteiger partial charge in [-0.15, -0.1) is 0 Å². The molecule has 0 bridgehead atoms. The molecule has 4 nitrogen and oxygen atoms in total. The van der Waals surface area contributed by atoms with Crippen LogP contribution in [-0.2, 0) is 0 Å². The Morgan fingerprint density at radius 2 is 2.20 bits per heavy atom. The molecule has 0 spiro atoms. The van der Waals surface area contributed by atoms with Crippen LogP contribution in [0.5, 0.6) is 11.5 Å². The van der Waals surface area contributed by atoms with Gasteiger partial charge in [0.15, 0.2) is 11.6 Å². The van der Waals surface area contributed by atoms with E-state index in [1.807, 2.05) is 13.8 Å². The van der Waals surface area contributed by atoms with Gasteiger partial charge in [0.05, 0.1) is 18.4 Å². The summed E-state index contributed by atoms with van der Waals surface area (Å²) in [6.07, 6.45) is 4.28. The normalized spacial score (nSPS) is 15.4. The summed E-state index contributed by atoms with van der Waals surface area (Å²) < 4.78 is 11.1. The van der Waals surface area contributed by atoms with Gasteiger partial charge in [0.2, 0.25) is 0 Å². The van der Waals surface area contributed by atoms with Crippen LogP contribution in [0.1, 0.15) is 26.7 Å². The second-order valence-corrected chi connectivity index (χ2v) is 4.04. The van der Waals surface area contributed by atoms with Crippen molar-refractivity contribution >= 4 is 5.82 Å². The molecule has 1 aromatic rings. The summed E-state index contributed by atoms with van der Waals surface area (Å²) in [4.78, 5) is 4.04. The Morgan fingerprint density at radius 3 is 2.80 bits per heavy atom. The second-order valence-electron chi connectivity index (χ2n) is 4.04. The van der Waals surface area contributed by atoms with E-state index in [9.17, 15) is 0 Å². The number of anilines is 1. The molecular weight excluding hydrogens is 192 g/mol. The molecule has 1 aromatic heterocycles. The zero-order chi connectivity index (χ0) is 10.8. The van der Waals surface area contributed by atoms with Crippen LogP contribution in [0, 0.1) is 0 Å². The molecule has 0 atom stereocenters. The van der Waals surface area contributed by atoms with Gasteiger partial charge in [-0.25, -0.2) is 4.98 Å². The lowest BCUT2D eigenvalue weighted by atomic mass is 10.4. The van der Waals surface area contributed by atoms with Gasteiger partial charge in [-0.2, -0.15) is 0 Å². The topological polar surface area (TPSA) is 57.4 Å². The van der Waals surface area contributed by atoms with Crippen molar-refractivity contribution in [1.82, 2.24) is 4.98 Å². The maximum Gasteiger partial charge on any atom is 0.166 e. The molecule has 0 saturated heterocycles. The zero-order valence-corrected chi connectivity index (χ0v) is 9.06. The first kappa shape index (κ1) is 10.1. The van der Waals surface area contributed by atoms with Crippen molar-refractivity contribution in [2.45, 2.75) is 38.9 Å². The maximum atomic E-state index is 5.70. The molecule has 1 aliphatic rings. The summed E-state index contributed by atoms with van der Waals surface area (Å²) in [6.45, 7) is 3.94. The summed E-state index contributed by atoms with van der Waals surface area (Å²) in [6, 6.07) is 1.81. The van der Waals surface area contributed by atoms with Gasteiger partial charge in [0, 0.05) is 6.07 Å². The summed E-state index contributed by atoms with van der Waals surface area (Å²) >= 11 is 0. The highest BCUT2D eigenvalue weighted by molar-refractivity contribution is 5.49. The standard InChI is InChI=1S/C11H16N2O2/c1-7(2)14-9-5-10(11(12)13-6-9)15-8-3-4-8/h5-8H,3-4H2,1-2H3,(H2,12,13). The van der Waals surface area contributed by atoms with E-state index in [1.54, 1.807) is 12.3 Å². The number of nitrogen functional groups attached to an aromatic ring is 1. The monoisotopic (exact) mass is 208 g/mol. The molecule has 0 aliphatic heterocycles. The molecule has 0 unspecified atom stereocenters. The third-order valence-electron chi connectivity index (χ3n) is 2.05. The van der Waals surface area contributed by atoms with Gasteiger partial charge in [-0.1, -0.05) is 0 Å². The molecule has 0 aromatic carbocycles. The SMILES string of the molecule is CC(C)Oc1cnc(N)c(OC2CC2)c1. The lowest BCUT2D eigenvalue weighted by Gasteiger charge is -2.12. The summed E-state index contributed by atoms with van der Waals surface area (Å²) in [5, 5.41) is 0. The largest absolute Gasteiger partial charge is 0.489 e. The van der Waals surface area contributed by atoms with Crippen LogP contribution in [0.3, 0.4) is 0 Å². The lowest BCUT2D eigenvalue weighted by Crippen LogP contribution is -2.07. The Kier molecular flexibility index (Phi) is 2.66. The third-order valence-corrected chi connectivity index (χ3v) is 2.05. The number of hydrogen-bond donors (Lipinski definition) is 1. The molecule has 82 valence electrons. The predicted octanol–water partition coefficient (Wildman–Crippen LogP) is 1.99.